The molecule has 0 aromatic carbocycles. The Kier molecular flexibility index (Phi) is 3.31. The topological polar surface area (TPSA) is 9.23 Å². The standard InChI is InChI=1S/C4H8F2OS/c1-7-3-4(5,6)8-2/h3H2,1-2H3. The molecule has 0 atom stereocenters. The lowest BCUT2D eigenvalue weighted by Crippen LogP contribution is -2.16. The number of hydrogen-bond acceptors (Lipinski definition) is 2. The Balaban J connectivity index is 3.37. The molecular formula is C4H8F2OS. The molecule has 0 heterocycles. The van der Waals surface area contributed by atoms with Crippen molar-refractivity contribution in [2.75, 3.05) is 20.0 Å². The van der Waals surface area contributed by atoms with E-state index in [0.29, 0.717) is 11.8 Å². The molecule has 0 fully saturated rings. The van der Waals surface area contributed by atoms with E-state index in [1.54, 1.807) is 0 Å². The molecule has 0 aliphatic heterocycles. The molecule has 0 aliphatic carbocycles. The molecule has 50 valence electrons. The van der Waals surface area contributed by atoms with Crippen LogP contribution in [-0.2, 0) is 4.74 Å². The molecule has 0 N–H and O–H groups in total. The summed E-state index contributed by atoms with van der Waals surface area (Å²) in [6.07, 6.45) is 1.35. The van der Waals surface area contributed by atoms with Crippen LogP contribution in [0.15, 0.2) is 0 Å². The molecule has 1 nitrogen and oxygen atoms in total. The first-order valence-electron chi connectivity index (χ1n) is 2.04. The summed E-state index contributed by atoms with van der Waals surface area (Å²) < 4.78 is 28.2. The summed E-state index contributed by atoms with van der Waals surface area (Å²) in [4.78, 5) is 0. The van der Waals surface area contributed by atoms with E-state index >= 15 is 0 Å². The molecule has 0 aromatic rings. The first-order valence-corrected chi connectivity index (χ1v) is 3.27. The lowest BCUT2D eigenvalue weighted by molar-refractivity contribution is 0.0136. The summed E-state index contributed by atoms with van der Waals surface area (Å²) in [5.74, 6) is 0. The highest BCUT2D eigenvalue weighted by Gasteiger charge is 2.26. The number of hydrogen-bond donors (Lipinski definition) is 0. The quantitative estimate of drug-likeness (QED) is 0.591. The zero-order valence-corrected chi connectivity index (χ0v) is 5.60. The summed E-state index contributed by atoms with van der Waals surface area (Å²) >= 11 is 0.493. The first-order chi connectivity index (χ1) is 3.62. The van der Waals surface area contributed by atoms with Gasteiger partial charge in [0.1, 0.15) is 6.61 Å². The minimum absolute atomic E-state index is 0.493. The molecule has 4 heteroatoms. The minimum atomic E-state index is -2.71. The van der Waals surface area contributed by atoms with Crippen molar-refractivity contribution in [2.45, 2.75) is 5.25 Å². The van der Waals surface area contributed by atoms with Crippen molar-refractivity contribution in [1.29, 1.82) is 0 Å². The van der Waals surface area contributed by atoms with Crippen LogP contribution in [0, 0.1) is 0 Å². The van der Waals surface area contributed by atoms with Gasteiger partial charge in [-0.3, -0.25) is 0 Å². The van der Waals surface area contributed by atoms with Crippen LogP contribution >= 0.6 is 11.8 Å². The van der Waals surface area contributed by atoms with Crippen LogP contribution in [0.25, 0.3) is 0 Å². The Morgan fingerprint density at radius 2 is 2.12 bits per heavy atom. The molecule has 8 heavy (non-hydrogen) atoms. The molecule has 0 aromatic heterocycles. The average molecular weight is 142 g/mol. The van der Waals surface area contributed by atoms with Crippen LogP contribution in [0.4, 0.5) is 8.78 Å². The van der Waals surface area contributed by atoms with E-state index in [1.165, 1.54) is 13.4 Å². The summed E-state index contributed by atoms with van der Waals surface area (Å²) in [7, 11) is 1.25. The Hall–Kier alpha value is 0.170. The maximum atomic E-state index is 12.0. The lowest BCUT2D eigenvalue weighted by atomic mass is 10.8. The van der Waals surface area contributed by atoms with Gasteiger partial charge in [-0.25, -0.2) is 0 Å². The van der Waals surface area contributed by atoms with Crippen LogP contribution in [-0.4, -0.2) is 25.2 Å². The smallest absolute Gasteiger partial charge is 0.316 e. The summed E-state index contributed by atoms with van der Waals surface area (Å²) in [5, 5.41) is -2.71. The van der Waals surface area contributed by atoms with E-state index in [2.05, 4.69) is 4.74 Å². The van der Waals surface area contributed by atoms with E-state index in [9.17, 15) is 8.78 Å². The number of ether oxygens (including phenoxy) is 1. The SMILES string of the molecule is COCC(F)(F)SC. The monoisotopic (exact) mass is 142 g/mol. The number of methoxy groups -OCH3 is 1. The van der Waals surface area contributed by atoms with Gasteiger partial charge in [0.15, 0.2) is 0 Å². The van der Waals surface area contributed by atoms with Gasteiger partial charge in [-0.2, -0.15) is 8.78 Å². The van der Waals surface area contributed by atoms with Crippen molar-refractivity contribution in [2.24, 2.45) is 0 Å². The molecule has 0 aliphatic rings. The van der Waals surface area contributed by atoms with Crippen molar-refractivity contribution in [3.05, 3.63) is 0 Å². The fourth-order valence-corrected chi connectivity index (χ4v) is 0.463. The van der Waals surface area contributed by atoms with Crippen LogP contribution in [0.1, 0.15) is 0 Å². The van der Waals surface area contributed by atoms with Gasteiger partial charge in [0.05, 0.1) is 0 Å². The van der Waals surface area contributed by atoms with Gasteiger partial charge in [-0.05, 0) is 6.26 Å². The Morgan fingerprint density at radius 1 is 1.62 bits per heavy atom. The highest BCUT2D eigenvalue weighted by atomic mass is 32.2. The van der Waals surface area contributed by atoms with E-state index in [1.807, 2.05) is 0 Å². The number of thioether (sulfide) groups is 1. The van der Waals surface area contributed by atoms with Gasteiger partial charge in [-0.1, -0.05) is 11.8 Å². The Bertz CT molecular complexity index is 67.1. The fraction of sp³-hybridized carbons (Fsp3) is 1.00. The largest absolute Gasteiger partial charge is 0.377 e. The van der Waals surface area contributed by atoms with Crippen molar-refractivity contribution in [1.82, 2.24) is 0 Å². The number of halogens is 2. The lowest BCUT2D eigenvalue weighted by Gasteiger charge is -2.09. The van der Waals surface area contributed by atoms with Crippen LogP contribution in [0.2, 0.25) is 0 Å². The van der Waals surface area contributed by atoms with Gasteiger partial charge in [0.25, 0.3) is 0 Å². The van der Waals surface area contributed by atoms with Crippen LogP contribution < -0.4 is 0 Å². The summed E-state index contributed by atoms with van der Waals surface area (Å²) in [5.41, 5.74) is 0. The molecule has 0 radical (unpaired) electrons. The zero-order chi connectivity index (χ0) is 6.62. The normalized spacial score (nSPS) is 12.0. The van der Waals surface area contributed by atoms with Gasteiger partial charge in [-0.15, -0.1) is 0 Å². The van der Waals surface area contributed by atoms with E-state index in [0.717, 1.165) is 0 Å². The molecule has 0 rings (SSSR count). The molecule has 0 amide bonds. The predicted molar refractivity (Wildman–Crippen MR) is 30.3 cm³/mol. The fourth-order valence-electron chi connectivity index (χ4n) is 0.227. The van der Waals surface area contributed by atoms with Crippen molar-refractivity contribution in [3.63, 3.8) is 0 Å². The maximum Gasteiger partial charge on any atom is 0.316 e. The Morgan fingerprint density at radius 3 is 2.25 bits per heavy atom. The summed E-state index contributed by atoms with van der Waals surface area (Å²) in [6, 6.07) is 0. The van der Waals surface area contributed by atoms with Crippen molar-refractivity contribution in [3.8, 4) is 0 Å². The number of rotatable bonds is 3. The number of alkyl halides is 2. The molecule has 0 bridgehead atoms. The second-order valence-corrected chi connectivity index (χ2v) is 2.28. The van der Waals surface area contributed by atoms with E-state index in [4.69, 9.17) is 0 Å². The van der Waals surface area contributed by atoms with Crippen molar-refractivity contribution < 1.29 is 13.5 Å². The third-order valence-corrected chi connectivity index (χ3v) is 1.33. The van der Waals surface area contributed by atoms with Crippen LogP contribution in [0.5, 0.6) is 0 Å². The van der Waals surface area contributed by atoms with E-state index in [-0.39, 0.29) is 0 Å². The molecule has 0 spiro atoms. The zero-order valence-electron chi connectivity index (χ0n) is 4.78. The highest BCUT2D eigenvalue weighted by Crippen LogP contribution is 2.25. The third-order valence-electron chi connectivity index (χ3n) is 0.611. The van der Waals surface area contributed by atoms with Gasteiger partial charge >= 0.3 is 5.25 Å². The molecule has 0 saturated carbocycles. The molecular weight excluding hydrogens is 134 g/mol. The van der Waals surface area contributed by atoms with Crippen LogP contribution in [0.3, 0.4) is 0 Å². The first kappa shape index (κ1) is 8.17. The molecule has 0 unspecified atom stereocenters. The second-order valence-electron chi connectivity index (χ2n) is 1.27. The average Bonchev–Trinajstić information content (AvgIpc) is 1.67. The molecule has 0 saturated heterocycles. The van der Waals surface area contributed by atoms with Gasteiger partial charge in [0, 0.05) is 7.11 Å². The van der Waals surface area contributed by atoms with Crippen molar-refractivity contribution >= 4 is 11.8 Å². The highest BCUT2D eigenvalue weighted by molar-refractivity contribution is 7.99. The minimum Gasteiger partial charge on any atom is -0.377 e. The third kappa shape index (κ3) is 3.21. The predicted octanol–water partition coefficient (Wildman–Crippen LogP) is 1.59. The summed E-state index contributed by atoms with van der Waals surface area (Å²) in [6.45, 7) is -0.506. The van der Waals surface area contributed by atoms with Gasteiger partial charge < -0.3 is 4.74 Å². The Labute approximate surface area is 51.4 Å². The second kappa shape index (κ2) is 3.25. The maximum absolute atomic E-state index is 12.0. The van der Waals surface area contributed by atoms with E-state index < -0.39 is 11.9 Å². The van der Waals surface area contributed by atoms with Gasteiger partial charge in [0.2, 0.25) is 0 Å².